The van der Waals surface area contributed by atoms with E-state index < -0.39 is 4.92 Å². The number of rotatable bonds is 3. The van der Waals surface area contributed by atoms with E-state index in [0.29, 0.717) is 5.56 Å². The largest absolute Gasteiger partial charge is 0.505 e. The maximum Gasteiger partial charge on any atom is 0.299 e. The van der Waals surface area contributed by atoms with Crippen LogP contribution in [-0.2, 0) is 10.8 Å². The maximum atomic E-state index is 11.3. The van der Waals surface area contributed by atoms with Crippen LogP contribution in [0.5, 0.6) is 5.75 Å². The highest BCUT2D eigenvalue weighted by molar-refractivity contribution is 6.36. The molecule has 1 N–H and O–H groups in total. The number of aromatic hydroxyl groups is 1. The summed E-state index contributed by atoms with van der Waals surface area (Å²) in [6.07, 6.45) is 0. The van der Waals surface area contributed by atoms with E-state index in [4.69, 9.17) is 23.2 Å². The lowest BCUT2D eigenvalue weighted by Crippen LogP contribution is -2.16. The Kier molecular flexibility index (Phi) is 6.07. The van der Waals surface area contributed by atoms with E-state index in [-0.39, 0.29) is 43.7 Å². The van der Waals surface area contributed by atoms with E-state index >= 15 is 0 Å². The molecule has 0 aromatic heterocycles. The van der Waals surface area contributed by atoms with Crippen LogP contribution >= 0.6 is 23.2 Å². The second-order valence-corrected chi connectivity index (χ2v) is 9.45. The molecule has 0 fully saturated rings. The second kappa shape index (κ2) is 7.68. The normalized spacial score (nSPS) is 12.6. The Morgan fingerprint density at radius 1 is 0.964 bits per heavy atom. The zero-order chi connectivity index (χ0) is 21.4. The van der Waals surface area contributed by atoms with Crippen molar-refractivity contribution in [3.05, 3.63) is 55.6 Å². The first-order chi connectivity index (χ1) is 12.7. The first-order valence-corrected chi connectivity index (χ1v) is 9.40. The van der Waals surface area contributed by atoms with Crippen molar-refractivity contribution in [1.82, 2.24) is 0 Å². The summed E-state index contributed by atoms with van der Waals surface area (Å²) in [6.45, 7) is 12.1. The quantitative estimate of drug-likeness (QED) is 0.312. The van der Waals surface area contributed by atoms with Gasteiger partial charge in [-0.3, -0.25) is 10.1 Å². The molecule has 0 heterocycles. The summed E-state index contributed by atoms with van der Waals surface area (Å²) < 4.78 is 0. The number of halogens is 2. The van der Waals surface area contributed by atoms with Crippen LogP contribution < -0.4 is 0 Å². The van der Waals surface area contributed by atoms with Gasteiger partial charge in [0, 0.05) is 16.7 Å². The molecule has 2 aromatic rings. The van der Waals surface area contributed by atoms with Crippen LogP contribution in [0.15, 0.2) is 34.5 Å². The van der Waals surface area contributed by atoms with Gasteiger partial charge in [0.15, 0.2) is 5.69 Å². The molecular formula is C20H23Cl2N3O3. The van der Waals surface area contributed by atoms with Crippen molar-refractivity contribution in [2.75, 3.05) is 0 Å². The molecule has 0 unspecified atom stereocenters. The predicted molar refractivity (Wildman–Crippen MR) is 113 cm³/mol. The Morgan fingerprint density at radius 2 is 1.57 bits per heavy atom. The van der Waals surface area contributed by atoms with Gasteiger partial charge in [0.2, 0.25) is 0 Å². The van der Waals surface area contributed by atoms with Crippen LogP contribution in [0.25, 0.3) is 0 Å². The summed E-state index contributed by atoms with van der Waals surface area (Å²) in [5, 5.41) is 30.3. The maximum absolute atomic E-state index is 11.3. The van der Waals surface area contributed by atoms with E-state index in [1.165, 1.54) is 6.07 Å². The molecule has 6 nitrogen and oxygen atoms in total. The molecule has 0 saturated heterocycles. The van der Waals surface area contributed by atoms with Crippen LogP contribution in [0.1, 0.15) is 52.7 Å². The fraction of sp³-hybridized carbons (Fsp3) is 0.400. The number of nitro benzene ring substituents is 1. The third-order valence-electron chi connectivity index (χ3n) is 4.23. The first-order valence-electron chi connectivity index (χ1n) is 8.65. The van der Waals surface area contributed by atoms with Crippen LogP contribution in [0, 0.1) is 10.1 Å². The molecule has 0 bridgehead atoms. The van der Waals surface area contributed by atoms with Gasteiger partial charge in [0.1, 0.15) is 11.4 Å². The lowest BCUT2D eigenvalue weighted by Gasteiger charge is -2.26. The van der Waals surface area contributed by atoms with Crippen LogP contribution in [0.2, 0.25) is 10.0 Å². The Labute approximate surface area is 174 Å². The average molecular weight is 424 g/mol. The van der Waals surface area contributed by atoms with Crippen molar-refractivity contribution in [3.63, 3.8) is 0 Å². The molecule has 2 aromatic carbocycles. The van der Waals surface area contributed by atoms with Crippen molar-refractivity contribution in [2.45, 2.75) is 52.4 Å². The molecule has 0 aliphatic carbocycles. The molecule has 0 aliphatic heterocycles. The highest BCUT2D eigenvalue weighted by atomic mass is 35.5. The molecule has 2 rings (SSSR count). The van der Waals surface area contributed by atoms with E-state index in [9.17, 15) is 15.2 Å². The molecular weight excluding hydrogens is 401 g/mol. The first kappa shape index (κ1) is 22.1. The zero-order valence-corrected chi connectivity index (χ0v) is 18.2. The van der Waals surface area contributed by atoms with Gasteiger partial charge < -0.3 is 5.11 Å². The van der Waals surface area contributed by atoms with Crippen LogP contribution in [0.4, 0.5) is 17.1 Å². The molecule has 150 valence electrons. The smallest absolute Gasteiger partial charge is 0.299 e. The molecule has 0 amide bonds. The van der Waals surface area contributed by atoms with Gasteiger partial charge in [-0.25, -0.2) is 0 Å². The number of nitro groups is 1. The zero-order valence-electron chi connectivity index (χ0n) is 16.7. The lowest BCUT2D eigenvalue weighted by molar-refractivity contribution is -0.384. The molecule has 0 saturated carbocycles. The molecule has 0 atom stereocenters. The summed E-state index contributed by atoms with van der Waals surface area (Å²) in [5.74, 6) is -0.0167. The number of phenolic OH excluding ortho intramolecular Hbond substituents is 1. The van der Waals surface area contributed by atoms with Gasteiger partial charge in [-0.05, 0) is 28.5 Å². The van der Waals surface area contributed by atoms with Gasteiger partial charge in [-0.1, -0.05) is 70.8 Å². The topological polar surface area (TPSA) is 88.1 Å². The Hall–Kier alpha value is -2.18. The Balaban J connectivity index is 2.69. The number of nitrogens with zero attached hydrogens (tertiary/aromatic N) is 3. The fourth-order valence-corrected chi connectivity index (χ4v) is 3.12. The van der Waals surface area contributed by atoms with Crippen molar-refractivity contribution < 1.29 is 10.0 Å². The summed E-state index contributed by atoms with van der Waals surface area (Å²) >= 11 is 11.9. The van der Waals surface area contributed by atoms with Crippen molar-refractivity contribution >= 4 is 40.3 Å². The molecule has 28 heavy (non-hydrogen) atoms. The van der Waals surface area contributed by atoms with Crippen molar-refractivity contribution in [2.24, 2.45) is 10.2 Å². The van der Waals surface area contributed by atoms with E-state index in [1.54, 1.807) is 6.07 Å². The summed E-state index contributed by atoms with van der Waals surface area (Å²) in [5.41, 5.74) is 0.892. The number of phenols is 1. The number of azo groups is 1. The Morgan fingerprint density at radius 3 is 2.07 bits per heavy atom. The van der Waals surface area contributed by atoms with Gasteiger partial charge >= 0.3 is 0 Å². The molecule has 8 heteroatoms. The second-order valence-electron chi connectivity index (χ2n) is 8.60. The number of hydrogen-bond acceptors (Lipinski definition) is 5. The third-order valence-corrected chi connectivity index (χ3v) is 4.73. The van der Waals surface area contributed by atoms with Crippen LogP contribution in [-0.4, -0.2) is 10.0 Å². The minimum Gasteiger partial charge on any atom is -0.505 e. The average Bonchev–Trinajstić information content (AvgIpc) is 2.52. The van der Waals surface area contributed by atoms with Gasteiger partial charge in [0.25, 0.3) is 5.69 Å². The van der Waals surface area contributed by atoms with Gasteiger partial charge in [0.05, 0.1) is 9.95 Å². The molecule has 0 radical (unpaired) electrons. The SMILES string of the molecule is CC(C)(C)c1cc(N=Nc2c(Cl)cc(Cl)cc2[N+](=O)[O-])c(O)c(C(C)(C)C)c1. The minimum absolute atomic E-state index is 0.00506. The number of hydrogen-bond donors (Lipinski definition) is 1. The van der Waals surface area contributed by atoms with E-state index in [0.717, 1.165) is 11.6 Å². The standard InChI is InChI=1S/C20H23Cl2N3O3/c1-19(2,3)11-7-13(20(4,5)6)18(26)15(8-11)23-24-17-14(22)9-12(21)10-16(17)25(27)28/h7-10,26H,1-6H3. The third kappa shape index (κ3) is 4.80. The van der Waals surface area contributed by atoms with E-state index in [2.05, 4.69) is 10.2 Å². The lowest BCUT2D eigenvalue weighted by atomic mass is 9.80. The summed E-state index contributed by atoms with van der Waals surface area (Å²) in [4.78, 5) is 10.7. The van der Waals surface area contributed by atoms with Crippen molar-refractivity contribution in [3.8, 4) is 5.75 Å². The van der Waals surface area contributed by atoms with Gasteiger partial charge in [-0.2, -0.15) is 0 Å². The fourth-order valence-electron chi connectivity index (χ4n) is 2.59. The molecule has 0 spiro atoms. The van der Waals surface area contributed by atoms with Crippen LogP contribution in [0.3, 0.4) is 0 Å². The predicted octanol–water partition coefficient (Wildman–Crippen LogP) is 7.62. The monoisotopic (exact) mass is 423 g/mol. The van der Waals surface area contributed by atoms with Gasteiger partial charge in [-0.15, -0.1) is 10.2 Å². The summed E-state index contributed by atoms with van der Waals surface area (Å²) in [7, 11) is 0. The highest BCUT2D eigenvalue weighted by Gasteiger charge is 2.25. The van der Waals surface area contributed by atoms with E-state index in [1.807, 2.05) is 47.6 Å². The minimum atomic E-state index is -0.627. The highest BCUT2D eigenvalue weighted by Crippen LogP contribution is 2.44. The molecule has 0 aliphatic rings. The Bertz CT molecular complexity index is 959. The summed E-state index contributed by atoms with van der Waals surface area (Å²) in [6, 6.07) is 6.19. The number of benzene rings is 2. The van der Waals surface area contributed by atoms with Crippen molar-refractivity contribution in [1.29, 1.82) is 0 Å².